The normalized spacial score (nSPS) is 19.4. The summed E-state index contributed by atoms with van der Waals surface area (Å²) in [5, 5.41) is 23.4. The Kier molecular flexibility index (Phi) is 42.3. The highest BCUT2D eigenvalue weighted by Crippen LogP contribution is 2.48. The molecule has 0 radical (unpaired) electrons. The maximum absolute atomic E-state index is 15.9. The van der Waals surface area contributed by atoms with Gasteiger partial charge < -0.3 is 140 Å². The zero-order chi connectivity index (χ0) is 104. The smallest absolute Gasteiger partial charge is 0.407 e. The Morgan fingerprint density at radius 2 is 1.17 bits per heavy atom. The number of hydrogen-bond acceptors (Lipinski definition) is 35. The van der Waals surface area contributed by atoms with Crippen molar-refractivity contribution in [1.29, 1.82) is 0 Å². The number of rotatable bonds is 61. The summed E-state index contributed by atoms with van der Waals surface area (Å²) >= 11 is 0. The zero-order valence-electron chi connectivity index (χ0n) is 83.1. The van der Waals surface area contributed by atoms with Gasteiger partial charge in [-0.3, -0.25) is 38.4 Å². The molecule has 4 aromatic carbocycles. The molecule has 42 nitrogen and oxygen atoms in total. The minimum absolute atomic E-state index is 0.0216. The van der Waals surface area contributed by atoms with Crippen LogP contribution in [0.5, 0.6) is 5.75 Å². The summed E-state index contributed by atoms with van der Waals surface area (Å²) in [6, 6.07) is 20.1. The molecular formula is C103H131FN8O34. The summed E-state index contributed by atoms with van der Waals surface area (Å²) in [6.07, 6.45) is -9.02. The lowest BCUT2D eigenvalue weighted by atomic mass is 9.81. The van der Waals surface area contributed by atoms with Crippen LogP contribution >= 0.6 is 0 Å². The number of halogens is 1. The quantitative estimate of drug-likeness (QED) is 0.0121. The van der Waals surface area contributed by atoms with E-state index in [1.807, 2.05) is 48.5 Å². The fourth-order valence-electron chi connectivity index (χ4n) is 18.8. The number of aliphatic hydroxyl groups is 1. The molecule has 146 heavy (non-hydrogen) atoms. The first-order valence-electron chi connectivity index (χ1n) is 49.3. The number of nitrogens with one attached hydrogen (secondary N) is 4. The molecule has 5 N–H and O–H groups in total. The van der Waals surface area contributed by atoms with Crippen molar-refractivity contribution < 1.29 is 162 Å². The van der Waals surface area contributed by atoms with Crippen LogP contribution in [0.25, 0.3) is 33.4 Å². The molecule has 794 valence electrons. The standard InChI is InChI=1S/C103H131FN8O34/c1-8-28-138-98(121)94-92(142-64(4)113)93(143-65(5)114)95(144-66(6)115)99(146-94)145-85-24-21-67(60-140-101(123)108-81-23-22-71-63(3)80(104)55-83-89(71)90(81)76-59-112-84(91(76)107-83)54-79-78(97(112)120)62-139-100(122)103(79,125)9-2)52-68(85)56-106-86(116)25-27-105-96(119)82(109-102(124)141-61-77-74-17-12-10-15-72(74)73-16-11-13-18-75(73)77)19-14-20-87(117)110-57-70-53-69(110)58-111(70)88(118)26-29-127-32-33-129-36-37-131-40-41-133-44-45-135-48-49-137-51-50-136-47-46-134-43-42-132-39-38-130-35-34-128-31-30-126-7/h8,10-13,15-18,21,24,52,54-55,69-70,77,81-82,92-95,99,125H,1,9,14,19-20,22-23,25-51,53,56-62H2,2-7H3,(H,105,119)(H,106,116)(H,108,123)(H,109,124)/t69-,70-,81-,82-,92-,93-,94-,95+,99+,103-/m0/s1. The Labute approximate surface area is 843 Å². The number of nitrogens with zero attached hydrogens (tertiary/aromatic N) is 4. The molecular weight excluding hydrogens is 1910 g/mol. The summed E-state index contributed by atoms with van der Waals surface area (Å²) < 4.78 is 135. The molecule has 2 aliphatic carbocycles. The molecule has 6 aromatic rings. The van der Waals surface area contributed by atoms with Crippen molar-refractivity contribution in [3.8, 4) is 28.3 Å². The van der Waals surface area contributed by atoms with E-state index in [1.165, 1.54) is 41.0 Å². The van der Waals surface area contributed by atoms with Gasteiger partial charge in [0.05, 0.1) is 206 Å². The number of esters is 5. The molecule has 0 unspecified atom stereocenters. The number of carbonyl (C=O) groups is 11. The molecule has 10 atom stereocenters. The van der Waals surface area contributed by atoms with E-state index < -0.39 is 127 Å². The van der Waals surface area contributed by atoms with Crippen LogP contribution in [0.4, 0.5) is 14.0 Å². The fourth-order valence-corrected chi connectivity index (χ4v) is 18.8. The second-order valence-corrected chi connectivity index (χ2v) is 35.6. The largest absolute Gasteiger partial charge is 0.460 e. The summed E-state index contributed by atoms with van der Waals surface area (Å²) in [5.41, 5.74) is 4.55. The summed E-state index contributed by atoms with van der Waals surface area (Å²) in [7, 11) is 1.63. The molecule has 7 aliphatic rings. The van der Waals surface area contributed by atoms with Crippen LogP contribution in [0.2, 0.25) is 0 Å². The number of fused-ring (bicyclic) bond motifs is 10. The van der Waals surface area contributed by atoms with E-state index >= 15 is 4.39 Å². The van der Waals surface area contributed by atoms with Gasteiger partial charge in [0, 0.05) is 101 Å². The SMILES string of the molecule is C=CCOC(=O)[C@H]1O[C@@H](Oc2ccc(COC(=O)N[C@H]3CCc4c(C)c(F)cc5nc6c(c3c45)Cn3c-6cc4c(c3=O)COC(=O)[C@]4(O)CC)cc2CNC(=O)CCNC(=O)[C@H](CCCC(=O)N2C[C@@H]3C[C@H]2CN3C(=O)CCOCCOCCOCCOCCOCCOCCOCCOCCOCCOCCOCCOC)NC(=O)OCC2c3ccccc3-c3ccccc32)[C@H](OC(C)=O)[C@@H](OC(C)=O)[C@@H]1OC(C)=O. The number of aromatic nitrogens is 2. The third kappa shape index (κ3) is 29.7. The number of ether oxygens (including phenoxy) is 21. The second kappa shape index (κ2) is 55.6. The van der Waals surface area contributed by atoms with Gasteiger partial charge in [-0.25, -0.2) is 28.6 Å². The summed E-state index contributed by atoms with van der Waals surface area (Å²) in [6.45, 7) is 18.1. The van der Waals surface area contributed by atoms with Crippen molar-refractivity contribution in [3.05, 3.63) is 163 Å². The van der Waals surface area contributed by atoms with E-state index in [0.29, 0.717) is 186 Å². The number of cyclic esters (lactones) is 1. The van der Waals surface area contributed by atoms with Crippen molar-refractivity contribution in [2.45, 2.75) is 185 Å². The number of aryl methyl sites for hydroxylation is 1. The van der Waals surface area contributed by atoms with Crippen molar-refractivity contribution in [1.82, 2.24) is 40.6 Å². The summed E-state index contributed by atoms with van der Waals surface area (Å²) in [4.78, 5) is 173. The number of likely N-dealkylation sites (tertiary alicyclic amines) is 2. The number of carbonyl (C=O) groups excluding carboxylic acids is 11. The lowest BCUT2D eigenvalue weighted by Gasteiger charge is -2.43. The van der Waals surface area contributed by atoms with E-state index in [1.54, 1.807) is 30.8 Å². The van der Waals surface area contributed by atoms with Crippen LogP contribution in [0.1, 0.15) is 147 Å². The predicted molar refractivity (Wildman–Crippen MR) is 514 cm³/mol. The number of methoxy groups -OCH3 is 1. The second-order valence-electron chi connectivity index (χ2n) is 35.6. The molecule has 3 saturated heterocycles. The Hall–Kier alpha value is -12.1. The number of benzene rings is 4. The van der Waals surface area contributed by atoms with Gasteiger partial charge in [0.15, 0.2) is 23.9 Å². The third-order valence-electron chi connectivity index (χ3n) is 25.8. The average molecular weight is 2040 g/mol. The Bertz CT molecular complexity index is 5540. The van der Waals surface area contributed by atoms with Gasteiger partial charge >= 0.3 is 42.0 Å². The van der Waals surface area contributed by atoms with Crippen LogP contribution in [0.3, 0.4) is 0 Å². The van der Waals surface area contributed by atoms with Crippen molar-refractivity contribution in [2.75, 3.05) is 192 Å². The first-order valence-corrected chi connectivity index (χ1v) is 49.3. The third-order valence-corrected chi connectivity index (χ3v) is 25.8. The number of alkyl carbamates (subject to hydrolysis) is 2. The molecule has 13 rings (SSSR count). The van der Waals surface area contributed by atoms with Crippen molar-refractivity contribution in [3.63, 3.8) is 0 Å². The minimum Gasteiger partial charge on any atom is -0.460 e. The molecule has 2 bridgehead atoms. The van der Waals surface area contributed by atoms with Crippen molar-refractivity contribution >= 4 is 76.6 Å². The molecule has 3 fully saturated rings. The van der Waals surface area contributed by atoms with Crippen LogP contribution in [-0.4, -0.2) is 331 Å². The highest BCUT2D eigenvalue weighted by atomic mass is 19.1. The Balaban J connectivity index is 0.581. The van der Waals surface area contributed by atoms with E-state index in [0.717, 1.165) is 43.0 Å². The van der Waals surface area contributed by atoms with Crippen LogP contribution in [0, 0.1) is 12.7 Å². The first kappa shape index (κ1) is 111. The molecule has 0 saturated carbocycles. The van der Waals surface area contributed by atoms with Crippen LogP contribution in [-0.2, 0) is 176 Å². The fraction of sp³-hybridized carbons (Fsp3) is 0.563. The lowest BCUT2D eigenvalue weighted by molar-refractivity contribution is -0.282. The van der Waals surface area contributed by atoms with Gasteiger partial charge in [0.25, 0.3) is 5.56 Å². The number of hydrogen-bond donors (Lipinski definition) is 5. The number of amides is 6. The van der Waals surface area contributed by atoms with Gasteiger partial charge in [0.1, 0.15) is 44.0 Å². The highest BCUT2D eigenvalue weighted by Gasteiger charge is 2.57. The van der Waals surface area contributed by atoms with Crippen LogP contribution in [0.15, 0.2) is 96.3 Å². The van der Waals surface area contributed by atoms with E-state index in [2.05, 4.69) is 27.8 Å². The van der Waals surface area contributed by atoms with Gasteiger partial charge in [-0.2, -0.15) is 0 Å². The maximum atomic E-state index is 15.9. The minimum atomic E-state index is -2.14. The molecule has 5 aliphatic heterocycles. The lowest BCUT2D eigenvalue weighted by Crippen LogP contribution is -2.64. The molecule has 7 heterocycles. The van der Waals surface area contributed by atoms with E-state index in [-0.39, 0.29) is 172 Å². The zero-order valence-corrected chi connectivity index (χ0v) is 83.1. The number of piperazine rings is 1. The van der Waals surface area contributed by atoms with Gasteiger partial charge in [-0.1, -0.05) is 74.2 Å². The van der Waals surface area contributed by atoms with Crippen molar-refractivity contribution in [2.24, 2.45) is 0 Å². The number of pyridine rings is 2. The van der Waals surface area contributed by atoms with Gasteiger partial charge in [0.2, 0.25) is 36.0 Å². The van der Waals surface area contributed by atoms with E-state index in [9.17, 15) is 62.6 Å². The Morgan fingerprint density at radius 3 is 1.73 bits per heavy atom. The molecule has 0 spiro atoms. The summed E-state index contributed by atoms with van der Waals surface area (Å²) in [5.74, 6) is -7.65. The van der Waals surface area contributed by atoms with Crippen LogP contribution < -0.4 is 31.6 Å². The maximum Gasteiger partial charge on any atom is 0.407 e. The van der Waals surface area contributed by atoms with Gasteiger partial charge in [-0.15, -0.1) is 0 Å². The Morgan fingerprint density at radius 1 is 0.623 bits per heavy atom. The molecule has 6 amide bonds. The molecule has 2 aromatic heterocycles. The molecule has 43 heteroatoms. The first-order chi connectivity index (χ1) is 70.8. The average Bonchev–Trinajstić information content (AvgIpc) is 1.53. The highest BCUT2D eigenvalue weighted by molar-refractivity contribution is 5.94. The monoisotopic (exact) mass is 2040 g/mol. The van der Waals surface area contributed by atoms with Gasteiger partial charge in [-0.05, 0) is 108 Å². The topological polar surface area (TPSA) is 491 Å². The predicted octanol–water partition coefficient (Wildman–Crippen LogP) is 6.30. The van der Waals surface area contributed by atoms with E-state index in [4.69, 9.17) is 104 Å².